The molecule has 1 saturated heterocycles. The minimum absolute atomic E-state index is 0.199. The molecule has 0 amide bonds. The summed E-state index contributed by atoms with van der Waals surface area (Å²) < 4.78 is 29.3. The molecule has 11 heteroatoms. The van der Waals surface area contributed by atoms with Gasteiger partial charge in [0.25, 0.3) is 5.92 Å². The first-order valence-electron chi connectivity index (χ1n) is 9.14. The van der Waals surface area contributed by atoms with E-state index in [0.29, 0.717) is 41.0 Å². The molecule has 3 aromatic rings. The standard InChI is InChI=1S/C17H23F2N9/c1-10-20-11(26(5)23-10)8-28-24-12-13(25-28)21-15(16(2,3)4)22-14(12)27-7-6-17(18,19)9-27/h6-9H2,1-5H3. The van der Waals surface area contributed by atoms with Gasteiger partial charge in [-0.15, -0.1) is 10.2 Å². The van der Waals surface area contributed by atoms with Gasteiger partial charge in [-0.25, -0.2) is 23.7 Å². The van der Waals surface area contributed by atoms with Gasteiger partial charge in [-0.3, -0.25) is 4.68 Å². The van der Waals surface area contributed by atoms with Crippen LogP contribution < -0.4 is 4.90 Å². The summed E-state index contributed by atoms with van der Waals surface area (Å²) in [6.07, 6.45) is -0.199. The van der Waals surface area contributed by atoms with Crippen molar-refractivity contribution < 1.29 is 8.78 Å². The molecule has 0 unspecified atom stereocenters. The number of hydrogen-bond donors (Lipinski definition) is 0. The average molecular weight is 391 g/mol. The first kappa shape index (κ1) is 18.6. The predicted molar refractivity (Wildman–Crippen MR) is 98.4 cm³/mol. The lowest BCUT2D eigenvalue weighted by atomic mass is 9.96. The van der Waals surface area contributed by atoms with Crippen LogP contribution >= 0.6 is 0 Å². The van der Waals surface area contributed by atoms with Gasteiger partial charge in [0.1, 0.15) is 18.2 Å². The Morgan fingerprint density at radius 3 is 2.39 bits per heavy atom. The van der Waals surface area contributed by atoms with Crippen molar-refractivity contribution in [3.05, 3.63) is 17.5 Å². The first-order chi connectivity index (χ1) is 13.0. The molecule has 4 heterocycles. The van der Waals surface area contributed by atoms with E-state index in [2.05, 4.69) is 30.2 Å². The molecule has 28 heavy (non-hydrogen) atoms. The summed E-state index contributed by atoms with van der Waals surface area (Å²) in [5.41, 5.74) is 0.462. The van der Waals surface area contributed by atoms with Gasteiger partial charge >= 0.3 is 0 Å². The van der Waals surface area contributed by atoms with Crippen molar-refractivity contribution in [3.63, 3.8) is 0 Å². The Bertz CT molecular complexity index is 1030. The van der Waals surface area contributed by atoms with Gasteiger partial charge < -0.3 is 4.90 Å². The van der Waals surface area contributed by atoms with E-state index < -0.39 is 5.92 Å². The number of rotatable bonds is 3. The third-order valence-electron chi connectivity index (χ3n) is 4.65. The summed E-state index contributed by atoms with van der Waals surface area (Å²) in [5.74, 6) is -0.426. The van der Waals surface area contributed by atoms with E-state index in [1.807, 2.05) is 27.7 Å². The first-order valence-corrected chi connectivity index (χ1v) is 9.14. The molecular weight excluding hydrogens is 368 g/mol. The Balaban J connectivity index is 1.79. The zero-order valence-corrected chi connectivity index (χ0v) is 16.6. The molecular formula is C17H23F2N9. The van der Waals surface area contributed by atoms with Crippen LogP contribution in [0, 0.1) is 6.92 Å². The van der Waals surface area contributed by atoms with Crippen LogP contribution in [0.5, 0.6) is 0 Å². The molecule has 0 saturated carbocycles. The highest BCUT2D eigenvalue weighted by Gasteiger charge is 2.40. The smallest absolute Gasteiger partial charge is 0.266 e. The molecule has 0 spiro atoms. The van der Waals surface area contributed by atoms with Crippen molar-refractivity contribution in [2.24, 2.45) is 7.05 Å². The normalized spacial score (nSPS) is 17.0. The number of hydrogen-bond acceptors (Lipinski definition) is 7. The van der Waals surface area contributed by atoms with Crippen molar-refractivity contribution in [1.82, 2.24) is 39.7 Å². The van der Waals surface area contributed by atoms with Gasteiger partial charge in [0.15, 0.2) is 17.2 Å². The number of nitrogens with zero attached hydrogens (tertiary/aromatic N) is 9. The topological polar surface area (TPSA) is 90.4 Å². The number of fused-ring (bicyclic) bond motifs is 1. The van der Waals surface area contributed by atoms with Crippen LogP contribution in [0.3, 0.4) is 0 Å². The van der Waals surface area contributed by atoms with Crippen molar-refractivity contribution in [2.45, 2.75) is 52.0 Å². The third kappa shape index (κ3) is 3.40. The summed E-state index contributed by atoms with van der Waals surface area (Å²) in [7, 11) is 1.80. The van der Waals surface area contributed by atoms with Gasteiger partial charge in [0.05, 0.1) is 6.54 Å². The molecule has 1 aliphatic heterocycles. The molecule has 4 rings (SSSR count). The van der Waals surface area contributed by atoms with Crippen molar-refractivity contribution >= 4 is 17.0 Å². The maximum Gasteiger partial charge on any atom is 0.266 e. The van der Waals surface area contributed by atoms with Crippen LogP contribution in [-0.2, 0) is 19.0 Å². The van der Waals surface area contributed by atoms with E-state index in [9.17, 15) is 8.78 Å². The van der Waals surface area contributed by atoms with Gasteiger partial charge in [-0.1, -0.05) is 20.8 Å². The summed E-state index contributed by atoms with van der Waals surface area (Å²) in [4.78, 5) is 16.5. The van der Waals surface area contributed by atoms with Crippen molar-refractivity contribution in [2.75, 3.05) is 18.0 Å². The van der Waals surface area contributed by atoms with Gasteiger partial charge in [0, 0.05) is 25.4 Å². The lowest BCUT2D eigenvalue weighted by Crippen LogP contribution is -2.27. The number of aryl methyl sites for hydroxylation is 2. The maximum atomic E-state index is 13.8. The molecule has 0 aromatic carbocycles. The van der Waals surface area contributed by atoms with E-state index >= 15 is 0 Å². The molecule has 1 fully saturated rings. The van der Waals surface area contributed by atoms with Crippen LogP contribution in [0.4, 0.5) is 14.6 Å². The fourth-order valence-corrected chi connectivity index (χ4v) is 3.20. The lowest BCUT2D eigenvalue weighted by Gasteiger charge is -2.21. The fraction of sp³-hybridized carbons (Fsp3) is 0.647. The summed E-state index contributed by atoms with van der Waals surface area (Å²) in [6, 6.07) is 0. The molecule has 0 radical (unpaired) electrons. The van der Waals surface area contributed by atoms with Gasteiger partial charge in [-0.2, -0.15) is 9.90 Å². The largest absolute Gasteiger partial charge is 0.348 e. The molecule has 0 aliphatic carbocycles. The van der Waals surface area contributed by atoms with Crippen LogP contribution in [0.2, 0.25) is 0 Å². The quantitative estimate of drug-likeness (QED) is 0.673. The average Bonchev–Trinajstić information content (AvgIpc) is 3.22. The minimum Gasteiger partial charge on any atom is -0.348 e. The number of alkyl halides is 2. The lowest BCUT2D eigenvalue weighted by molar-refractivity contribution is 0.0257. The second kappa shape index (κ2) is 6.14. The highest BCUT2D eigenvalue weighted by Crippen LogP contribution is 2.33. The molecule has 0 bridgehead atoms. The third-order valence-corrected chi connectivity index (χ3v) is 4.65. The summed E-state index contributed by atoms with van der Waals surface area (Å²) >= 11 is 0. The van der Waals surface area contributed by atoms with E-state index in [4.69, 9.17) is 0 Å². The molecule has 3 aromatic heterocycles. The molecule has 1 aliphatic rings. The van der Waals surface area contributed by atoms with Crippen LogP contribution in [0.15, 0.2) is 0 Å². The Hall–Kier alpha value is -2.72. The fourth-order valence-electron chi connectivity index (χ4n) is 3.20. The van der Waals surface area contributed by atoms with Gasteiger partial charge in [-0.05, 0) is 6.92 Å². The van der Waals surface area contributed by atoms with E-state index in [1.165, 1.54) is 4.80 Å². The predicted octanol–water partition coefficient (Wildman–Crippen LogP) is 1.85. The molecule has 0 atom stereocenters. The van der Waals surface area contributed by atoms with Crippen LogP contribution in [0.1, 0.15) is 44.7 Å². The number of anilines is 1. The minimum atomic E-state index is -2.73. The Kier molecular flexibility index (Phi) is 4.09. The maximum absolute atomic E-state index is 13.8. The Morgan fingerprint density at radius 2 is 1.82 bits per heavy atom. The monoisotopic (exact) mass is 391 g/mol. The molecule has 9 nitrogen and oxygen atoms in total. The van der Waals surface area contributed by atoms with Gasteiger partial charge in [0.2, 0.25) is 5.65 Å². The zero-order chi connectivity index (χ0) is 20.3. The van der Waals surface area contributed by atoms with E-state index in [1.54, 1.807) is 16.6 Å². The molecule has 150 valence electrons. The highest BCUT2D eigenvalue weighted by molar-refractivity contribution is 5.82. The van der Waals surface area contributed by atoms with Crippen LogP contribution in [-0.4, -0.2) is 58.7 Å². The van der Waals surface area contributed by atoms with Crippen molar-refractivity contribution in [1.29, 1.82) is 0 Å². The summed E-state index contributed by atoms with van der Waals surface area (Å²) in [6.45, 7) is 7.88. The number of aromatic nitrogens is 8. The van der Waals surface area contributed by atoms with Crippen molar-refractivity contribution in [3.8, 4) is 0 Å². The molecule has 0 N–H and O–H groups in total. The highest BCUT2D eigenvalue weighted by atomic mass is 19.3. The van der Waals surface area contributed by atoms with E-state index in [-0.39, 0.29) is 24.9 Å². The van der Waals surface area contributed by atoms with E-state index in [0.717, 1.165) is 0 Å². The van der Waals surface area contributed by atoms with Crippen LogP contribution in [0.25, 0.3) is 11.2 Å². The second-order valence-corrected chi connectivity index (χ2v) is 8.25. The second-order valence-electron chi connectivity index (χ2n) is 8.25. The SMILES string of the molecule is Cc1nc(Cn2nc3nc(C(C)(C)C)nc(N4CCC(F)(F)C4)c3n2)n(C)n1. The zero-order valence-electron chi connectivity index (χ0n) is 16.6. The number of halogens is 2. The Labute approximate surface area is 160 Å². The Morgan fingerprint density at radius 1 is 1.07 bits per heavy atom. The summed E-state index contributed by atoms with van der Waals surface area (Å²) in [5, 5.41) is 13.2.